The van der Waals surface area contributed by atoms with Crippen LogP contribution in [-0.2, 0) is 45.9 Å². The predicted octanol–water partition coefficient (Wildman–Crippen LogP) is 14.8. The molecule has 24 heteroatoms. The third-order valence-corrected chi connectivity index (χ3v) is 11.8. The number of fused-ring (bicyclic) bond motifs is 4. The van der Waals surface area contributed by atoms with E-state index < -0.39 is 40.4 Å². The van der Waals surface area contributed by atoms with E-state index in [0.29, 0.717) is 17.4 Å². The molecular formula is C63H65Cl4IN6NaO11P. The Morgan fingerprint density at radius 3 is 1.51 bits per heavy atom. The van der Waals surface area contributed by atoms with Crippen LogP contribution in [0.5, 0.6) is 0 Å². The Morgan fingerprint density at radius 2 is 1.00 bits per heavy atom. The molecule has 0 radical (unpaired) electrons. The van der Waals surface area contributed by atoms with Crippen LogP contribution in [0.4, 0.5) is 25.8 Å². The number of imidazole rings is 2. The molecule has 3 amide bonds. The van der Waals surface area contributed by atoms with Crippen LogP contribution in [0.1, 0.15) is 74.9 Å². The van der Waals surface area contributed by atoms with Crippen LogP contribution in [0.3, 0.4) is 0 Å². The summed E-state index contributed by atoms with van der Waals surface area (Å²) < 4.78 is 33.4. The van der Waals surface area contributed by atoms with Crippen LogP contribution in [0.15, 0.2) is 193 Å². The summed E-state index contributed by atoms with van der Waals surface area (Å²) in [7, 11) is 0. The molecule has 4 heterocycles. The molecule has 0 fully saturated rings. The van der Waals surface area contributed by atoms with Crippen LogP contribution >= 0.6 is 73.1 Å². The van der Waals surface area contributed by atoms with Crippen molar-refractivity contribution in [3.8, 4) is 11.4 Å². The summed E-state index contributed by atoms with van der Waals surface area (Å²) >= 11 is 22.3. The molecule has 2 aliphatic rings. The Balaban J connectivity index is 0.000000275. The van der Waals surface area contributed by atoms with Gasteiger partial charge in [-0.05, 0) is 214 Å². The van der Waals surface area contributed by atoms with E-state index in [-0.39, 0.29) is 54.9 Å². The number of imide groups is 1. The first-order chi connectivity index (χ1) is 40.4. The number of amides is 3. The minimum Gasteiger partial charge on any atom is -1.00 e. The number of nitrogens with one attached hydrogen (secondary N) is 2. The third kappa shape index (κ3) is 25.7. The zero-order valence-corrected chi connectivity index (χ0v) is 57.5. The van der Waals surface area contributed by atoms with E-state index in [1.165, 1.54) is 3.57 Å². The van der Waals surface area contributed by atoms with Crippen molar-refractivity contribution in [3.63, 3.8) is 0 Å². The molecule has 2 aromatic heterocycles. The van der Waals surface area contributed by atoms with E-state index in [4.69, 9.17) is 25.8 Å². The first-order valence-corrected chi connectivity index (χ1v) is 32.2. The van der Waals surface area contributed by atoms with Crippen molar-refractivity contribution < 1.29 is 78.5 Å². The summed E-state index contributed by atoms with van der Waals surface area (Å²) in [4.78, 5) is 76.6. The topological polar surface area (TPSA) is 210 Å². The van der Waals surface area contributed by atoms with Gasteiger partial charge in [-0.3, -0.25) is 23.3 Å². The van der Waals surface area contributed by atoms with Gasteiger partial charge in [0.05, 0.1) is 46.3 Å². The number of benzene rings is 7. The van der Waals surface area contributed by atoms with E-state index in [0.717, 1.165) is 55.2 Å². The fourth-order valence-corrected chi connectivity index (χ4v) is 8.35. The fourth-order valence-electron chi connectivity index (χ4n) is 7.66. The van der Waals surface area contributed by atoms with E-state index in [2.05, 4.69) is 88.5 Å². The van der Waals surface area contributed by atoms with Gasteiger partial charge >= 0.3 is 58.9 Å². The molecule has 2 N–H and O–H groups in total. The maximum Gasteiger partial charge on any atom is 1.00 e. The molecule has 7 aromatic carbocycles. The summed E-state index contributed by atoms with van der Waals surface area (Å²) in [6.07, 6.45) is -1.92. The average molecular weight is 1400 g/mol. The molecule has 0 saturated heterocycles. The van der Waals surface area contributed by atoms with Gasteiger partial charge < -0.3 is 30.7 Å². The van der Waals surface area contributed by atoms with Crippen molar-refractivity contribution in [1.82, 2.24) is 19.1 Å². The van der Waals surface area contributed by atoms with Crippen molar-refractivity contribution in [3.05, 3.63) is 219 Å². The number of ether oxygens (including phenoxy) is 4. The zero-order chi connectivity index (χ0) is 63.4. The van der Waals surface area contributed by atoms with Gasteiger partial charge in [0.2, 0.25) is 17.1 Å². The van der Waals surface area contributed by atoms with Gasteiger partial charge in [0, 0.05) is 14.9 Å². The molecule has 0 bridgehead atoms. The van der Waals surface area contributed by atoms with Crippen molar-refractivity contribution in [2.24, 2.45) is 0 Å². The molecule has 9 aromatic rings. The van der Waals surface area contributed by atoms with Gasteiger partial charge in [-0.25, -0.2) is 29.1 Å². The Hall–Kier alpha value is -6.45. The molecule has 454 valence electrons. The number of anilines is 2. The maximum absolute atomic E-state index is 11.9. The number of carbonyl (C=O) groups is 5. The predicted molar refractivity (Wildman–Crippen MR) is 352 cm³/mol. The first kappa shape index (κ1) is 73.0. The standard InChI is InChI=1S/C13H9ClN2.C13H10N2O.C13H15NO3.C10H18O5.C8H7NO.C6H5I.Cl3OP.Na.H/c14-13-15-11-8-4-5-9-12(11)16(13)10-6-2-1-3-7-10;16-13-14-11-8-4-5-9-12(11)15(13)10-6-2-1-3-7-10;1-13(2,3)17-12(16)14-10-7-5-4-6-9(10)8-11(14)15;1-9(2,3)14-7(11)13-8(12)15-10(4,5)6;10-8-5-6-3-1-2-4-7(6)9-8;7-6-4-2-1-3-5-6;1-5(2,3)4;;/h1-9H;1-9H,(H,14,16);4-7H,8H2,1-3H3;1-6H3;1-4H,5H2,(H,9,10);1-5H;;;/q;;;;;;;+1;-1. The Kier molecular flexibility index (Phi) is 28.3. The van der Waals surface area contributed by atoms with E-state index in [1.54, 1.807) is 79.0 Å². The van der Waals surface area contributed by atoms with Crippen LogP contribution in [-0.4, -0.2) is 66.1 Å². The molecule has 17 nitrogen and oxygen atoms in total. The second kappa shape index (κ2) is 33.8. The number of nitrogens with zero attached hydrogens (tertiary/aromatic N) is 4. The minimum absolute atomic E-state index is 0. The monoisotopic (exact) mass is 1400 g/mol. The smallest absolute Gasteiger partial charge is 1.00 e. The molecule has 0 saturated carbocycles. The van der Waals surface area contributed by atoms with E-state index >= 15 is 0 Å². The number of hydrogen-bond acceptors (Lipinski definition) is 12. The first-order valence-electron chi connectivity index (χ1n) is 26.3. The van der Waals surface area contributed by atoms with Crippen LogP contribution in [0.2, 0.25) is 5.28 Å². The van der Waals surface area contributed by atoms with Crippen molar-refractivity contribution in [1.29, 1.82) is 0 Å². The number of rotatable bonds is 2. The largest absolute Gasteiger partial charge is 1.00 e. The van der Waals surface area contributed by atoms with Crippen LogP contribution in [0.25, 0.3) is 33.4 Å². The molecule has 87 heavy (non-hydrogen) atoms. The molecule has 0 unspecified atom stereocenters. The van der Waals surface area contributed by atoms with Gasteiger partial charge in [0.15, 0.2) is 0 Å². The summed E-state index contributed by atoms with van der Waals surface area (Å²) in [5.41, 5.74) is 7.08. The summed E-state index contributed by atoms with van der Waals surface area (Å²) in [6, 6.07) is 60.4. The van der Waals surface area contributed by atoms with Crippen molar-refractivity contribution in [2.75, 3.05) is 10.2 Å². The molecule has 2 aliphatic heterocycles. The molecule has 11 rings (SSSR count). The van der Waals surface area contributed by atoms with Crippen molar-refractivity contribution >= 4 is 137 Å². The second-order valence-corrected chi connectivity index (χ2v) is 29.5. The van der Waals surface area contributed by atoms with Crippen LogP contribution in [0, 0.1) is 3.57 Å². The van der Waals surface area contributed by atoms with Gasteiger partial charge in [-0.2, -0.15) is 0 Å². The normalized spacial score (nSPS) is 12.0. The Labute approximate surface area is 561 Å². The second-order valence-electron chi connectivity index (χ2n) is 21.3. The number of hydrogen-bond donors (Lipinski definition) is 2. The molecular weight excluding hydrogens is 1340 g/mol. The minimum atomic E-state index is -3.22. The number of carbonyl (C=O) groups excluding carboxylic acids is 5. The third-order valence-electron chi connectivity index (χ3n) is 10.9. The van der Waals surface area contributed by atoms with Crippen molar-refractivity contribution in [2.45, 2.75) is 92.0 Å². The van der Waals surface area contributed by atoms with Gasteiger partial charge in [0.25, 0.3) is 0 Å². The molecule has 0 aliphatic carbocycles. The quantitative estimate of drug-likeness (QED) is 0.0413. The zero-order valence-electron chi connectivity index (χ0n) is 50.4. The molecule has 0 spiro atoms. The summed E-state index contributed by atoms with van der Waals surface area (Å²) in [5, 5.41) is 0.0292. The number of para-hydroxylation sites is 8. The van der Waals surface area contributed by atoms with Gasteiger partial charge in [0.1, 0.15) is 16.8 Å². The fraction of sp³-hybridized carbons (Fsp3) is 0.222. The Morgan fingerprint density at radius 1 is 0.563 bits per heavy atom. The number of aromatic amines is 1. The number of H-pyrrole nitrogens is 1. The summed E-state index contributed by atoms with van der Waals surface area (Å²) in [6.45, 7) is 15.3. The average Bonchev–Trinajstić information content (AvgIpc) is 2.29. The van der Waals surface area contributed by atoms with E-state index in [1.807, 2.05) is 168 Å². The van der Waals surface area contributed by atoms with Gasteiger partial charge in [-0.15, -0.1) is 0 Å². The van der Waals surface area contributed by atoms with E-state index in [9.17, 15) is 33.3 Å². The molecule has 0 atom stereocenters. The number of aromatic nitrogens is 4. The number of halogens is 5. The Bertz CT molecular complexity index is 3800. The van der Waals surface area contributed by atoms with Gasteiger partial charge in [-0.1, -0.05) is 115 Å². The summed E-state index contributed by atoms with van der Waals surface area (Å²) in [5.74, 6) is -0.137. The van der Waals surface area contributed by atoms with Crippen LogP contribution < -0.4 is 45.5 Å². The maximum atomic E-state index is 11.9. The SMILES string of the molecule is CC(C)(C)OC(=O)N1C(=O)Cc2ccccc21.CC(C)(C)OC(=O)OC(=O)OC(C)(C)C.Clc1nc2ccccc2n1-c1ccccc1.Ic1ccccc1.O=C1Cc2ccccc2N1.O=P(Cl)(Cl)Cl.O=c1[nH]c2ccccc2n1-c1ccccc1.[H-].[Na+].